The number of piperazine rings is 1. The summed E-state index contributed by atoms with van der Waals surface area (Å²) in [5.74, 6) is -2.18. The van der Waals surface area contributed by atoms with Crippen molar-refractivity contribution in [1.29, 1.82) is 0 Å². The van der Waals surface area contributed by atoms with Gasteiger partial charge in [0.2, 0.25) is 0 Å². The molecule has 0 saturated carbocycles. The molecule has 1 saturated heterocycles. The zero-order chi connectivity index (χ0) is 14.0. The number of benzene rings is 1. The van der Waals surface area contributed by atoms with Crippen molar-refractivity contribution in [3.05, 3.63) is 29.3 Å². The Labute approximate surface area is 112 Å². The Kier molecular flexibility index (Phi) is 3.74. The molecular weight excluding hydrogens is 244 g/mol. The van der Waals surface area contributed by atoms with Crippen molar-refractivity contribution in [2.75, 3.05) is 31.1 Å². The van der Waals surface area contributed by atoms with E-state index in [1.54, 1.807) is 0 Å². The van der Waals surface area contributed by atoms with Gasteiger partial charge in [-0.3, -0.25) is 4.79 Å². The molecule has 102 valence electrons. The molecular formula is C14H18N2O3. The van der Waals surface area contributed by atoms with E-state index in [4.69, 9.17) is 5.11 Å². The van der Waals surface area contributed by atoms with Crippen LogP contribution in [0.15, 0.2) is 18.2 Å². The van der Waals surface area contributed by atoms with E-state index in [1.807, 2.05) is 6.07 Å². The third-order valence-electron chi connectivity index (χ3n) is 3.67. The van der Waals surface area contributed by atoms with Crippen molar-refractivity contribution in [3.63, 3.8) is 0 Å². The average Bonchev–Trinajstić information content (AvgIpc) is 2.41. The average molecular weight is 262 g/mol. The van der Waals surface area contributed by atoms with Gasteiger partial charge in [0, 0.05) is 31.9 Å². The maximum atomic E-state index is 11.4. The topological polar surface area (TPSA) is 60.9 Å². The summed E-state index contributed by atoms with van der Waals surface area (Å²) in [6, 6.07) is 6.16. The fourth-order valence-electron chi connectivity index (χ4n) is 2.36. The van der Waals surface area contributed by atoms with Gasteiger partial charge in [-0.2, -0.15) is 0 Å². The number of hydrogen-bond acceptors (Lipinski definition) is 3. The summed E-state index contributed by atoms with van der Waals surface area (Å²) in [5, 5.41) is 8.69. The fraction of sp³-hybridized carbons (Fsp3) is 0.429. The van der Waals surface area contributed by atoms with E-state index in [9.17, 15) is 9.59 Å². The molecule has 1 fully saturated rings. The molecule has 1 aliphatic heterocycles. The van der Waals surface area contributed by atoms with Gasteiger partial charge in [0.15, 0.2) is 0 Å². The number of hydrogen-bond donors (Lipinski definition) is 1. The normalized spacial score (nSPS) is 15.5. The summed E-state index contributed by atoms with van der Waals surface area (Å²) in [7, 11) is 0. The van der Waals surface area contributed by atoms with Crippen molar-refractivity contribution < 1.29 is 14.7 Å². The molecule has 1 aliphatic rings. The first-order valence-corrected chi connectivity index (χ1v) is 6.34. The van der Waals surface area contributed by atoms with Gasteiger partial charge in [-0.05, 0) is 31.0 Å². The first-order valence-electron chi connectivity index (χ1n) is 6.34. The lowest BCUT2D eigenvalue weighted by Gasteiger charge is -2.36. The van der Waals surface area contributed by atoms with E-state index in [0.717, 1.165) is 0 Å². The van der Waals surface area contributed by atoms with E-state index in [2.05, 4.69) is 30.9 Å². The number of carboxylic acid groups (broad SMARTS) is 1. The van der Waals surface area contributed by atoms with Gasteiger partial charge in [0.1, 0.15) is 0 Å². The van der Waals surface area contributed by atoms with Crippen molar-refractivity contribution in [2.45, 2.75) is 13.8 Å². The fourth-order valence-corrected chi connectivity index (χ4v) is 2.36. The number of nitrogens with zero attached hydrogens (tertiary/aromatic N) is 2. The molecule has 0 aromatic heterocycles. The number of carbonyl (C=O) groups excluding carboxylic acids is 1. The van der Waals surface area contributed by atoms with Crippen LogP contribution >= 0.6 is 0 Å². The third kappa shape index (κ3) is 2.70. The molecule has 5 nitrogen and oxygen atoms in total. The molecule has 2 rings (SSSR count). The third-order valence-corrected chi connectivity index (χ3v) is 3.67. The molecule has 0 spiro atoms. The molecule has 1 heterocycles. The summed E-state index contributed by atoms with van der Waals surface area (Å²) in [4.78, 5) is 25.6. The number of aryl methyl sites for hydroxylation is 1. The molecule has 0 radical (unpaired) electrons. The van der Waals surface area contributed by atoms with Gasteiger partial charge in [0.25, 0.3) is 0 Å². The standard InChI is InChI=1S/C14H18N2O3/c1-10-4-3-5-12(11(10)2)15-6-8-16(9-7-15)13(17)14(18)19/h3-5H,6-9H2,1-2H3,(H,18,19). The highest BCUT2D eigenvalue weighted by molar-refractivity contribution is 6.31. The van der Waals surface area contributed by atoms with Gasteiger partial charge >= 0.3 is 11.9 Å². The maximum Gasteiger partial charge on any atom is 0.394 e. The Morgan fingerprint density at radius 2 is 1.74 bits per heavy atom. The van der Waals surface area contributed by atoms with Crippen LogP contribution in [0.2, 0.25) is 0 Å². The molecule has 19 heavy (non-hydrogen) atoms. The van der Waals surface area contributed by atoms with Gasteiger partial charge in [-0.1, -0.05) is 12.1 Å². The Balaban J connectivity index is 2.06. The van der Waals surface area contributed by atoms with Crippen molar-refractivity contribution in [3.8, 4) is 0 Å². The largest absolute Gasteiger partial charge is 0.474 e. The Morgan fingerprint density at radius 1 is 1.11 bits per heavy atom. The predicted molar refractivity (Wildman–Crippen MR) is 72.3 cm³/mol. The van der Waals surface area contributed by atoms with Crippen LogP contribution in [0.1, 0.15) is 11.1 Å². The number of carboxylic acids is 1. The molecule has 1 amide bonds. The van der Waals surface area contributed by atoms with Gasteiger partial charge in [-0.25, -0.2) is 4.79 Å². The van der Waals surface area contributed by atoms with Gasteiger partial charge in [0.05, 0.1) is 0 Å². The summed E-state index contributed by atoms with van der Waals surface area (Å²) < 4.78 is 0. The van der Waals surface area contributed by atoms with Gasteiger partial charge in [-0.15, -0.1) is 0 Å². The van der Waals surface area contributed by atoms with E-state index < -0.39 is 11.9 Å². The summed E-state index contributed by atoms with van der Waals surface area (Å²) in [5.41, 5.74) is 3.64. The second kappa shape index (κ2) is 5.30. The van der Waals surface area contributed by atoms with Crippen LogP contribution < -0.4 is 4.90 Å². The van der Waals surface area contributed by atoms with Crippen LogP contribution in [0.25, 0.3) is 0 Å². The van der Waals surface area contributed by atoms with Crippen LogP contribution in [0.3, 0.4) is 0 Å². The molecule has 5 heteroatoms. The predicted octanol–water partition coefficient (Wildman–Crippen LogP) is 1.04. The minimum absolute atomic E-state index is 0.457. The zero-order valence-corrected chi connectivity index (χ0v) is 11.2. The number of aliphatic carboxylic acids is 1. The van der Waals surface area contributed by atoms with Crippen LogP contribution in [0.5, 0.6) is 0 Å². The van der Waals surface area contributed by atoms with E-state index >= 15 is 0 Å². The van der Waals surface area contributed by atoms with Crippen molar-refractivity contribution in [2.24, 2.45) is 0 Å². The summed E-state index contributed by atoms with van der Waals surface area (Å²) >= 11 is 0. The SMILES string of the molecule is Cc1cccc(N2CCN(C(=O)C(=O)O)CC2)c1C. The van der Waals surface area contributed by atoms with Crippen LogP contribution in [0, 0.1) is 13.8 Å². The maximum absolute atomic E-state index is 11.4. The highest BCUT2D eigenvalue weighted by Crippen LogP contribution is 2.23. The van der Waals surface area contributed by atoms with E-state index in [0.29, 0.717) is 26.2 Å². The molecule has 1 aromatic carbocycles. The number of rotatable bonds is 1. The number of carbonyl (C=O) groups is 2. The molecule has 0 aliphatic carbocycles. The second-order valence-corrected chi connectivity index (χ2v) is 4.80. The first kappa shape index (κ1) is 13.4. The number of amides is 1. The Bertz CT molecular complexity index is 505. The molecule has 0 unspecified atom stereocenters. The highest BCUT2D eigenvalue weighted by atomic mass is 16.4. The Hall–Kier alpha value is -2.04. The minimum atomic E-state index is -1.37. The molecule has 0 atom stereocenters. The van der Waals surface area contributed by atoms with E-state index in [-0.39, 0.29) is 0 Å². The van der Waals surface area contributed by atoms with Crippen molar-refractivity contribution >= 4 is 17.6 Å². The lowest BCUT2D eigenvalue weighted by atomic mass is 10.1. The molecule has 0 bridgehead atoms. The first-order chi connectivity index (χ1) is 9.00. The molecule has 1 N–H and O–H groups in total. The Morgan fingerprint density at radius 3 is 2.32 bits per heavy atom. The van der Waals surface area contributed by atoms with Crippen LogP contribution in [0.4, 0.5) is 5.69 Å². The lowest BCUT2D eigenvalue weighted by Crippen LogP contribution is -2.50. The van der Waals surface area contributed by atoms with Gasteiger partial charge < -0.3 is 14.9 Å². The molecule has 1 aromatic rings. The van der Waals surface area contributed by atoms with E-state index in [1.165, 1.54) is 21.7 Å². The lowest BCUT2D eigenvalue weighted by molar-refractivity contribution is -0.156. The summed E-state index contributed by atoms with van der Waals surface area (Å²) in [6.07, 6.45) is 0. The smallest absolute Gasteiger partial charge is 0.394 e. The minimum Gasteiger partial charge on any atom is -0.474 e. The monoisotopic (exact) mass is 262 g/mol. The number of anilines is 1. The van der Waals surface area contributed by atoms with Crippen LogP contribution in [-0.2, 0) is 9.59 Å². The second-order valence-electron chi connectivity index (χ2n) is 4.80. The summed E-state index contributed by atoms with van der Waals surface area (Å²) in [6.45, 7) is 6.41. The highest BCUT2D eigenvalue weighted by Gasteiger charge is 2.26. The van der Waals surface area contributed by atoms with Crippen LogP contribution in [-0.4, -0.2) is 48.1 Å². The zero-order valence-electron chi connectivity index (χ0n) is 11.2. The quantitative estimate of drug-likeness (QED) is 0.768. The van der Waals surface area contributed by atoms with Crippen molar-refractivity contribution in [1.82, 2.24) is 4.90 Å².